The second-order valence-corrected chi connectivity index (χ2v) is 10.2. The van der Waals surface area contributed by atoms with Crippen LogP contribution in [-0.2, 0) is 16.8 Å². The molecule has 4 aromatic rings. The Morgan fingerprint density at radius 2 is 1.81 bits per heavy atom. The summed E-state index contributed by atoms with van der Waals surface area (Å²) < 4.78 is 14.0. The number of hydrazone groups is 1. The molecule has 0 aliphatic carbocycles. The van der Waals surface area contributed by atoms with Crippen molar-refractivity contribution >= 4 is 23.0 Å². The topological polar surface area (TPSA) is 64.8 Å². The van der Waals surface area contributed by atoms with Gasteiger partial charge in [0, 0.05) is 28.7 Å². The van der Waals surface area contributed by atoms with Crippen molar-refractivity contribution in [2.45, 2.75) is 45.8 Å². The van der Waals surface area contributed by atoms with Crippen LogP contribution >= 0.6 is 0 Å². The van der Waals surface area contributed by atoms with Gasteiger partial charge < -0.3 is 14.0 Å². The molecule has 184 valence electrons. The normalized spacial score (nSPS) is 15.4. The van der Waals surface area contributed by atoms with Crippen molar-refractivity contribution in [2.75, 3.05) is 6.61 Å². The van der Waals surface area contributed by atoms with Crippen molar-refractivity contribution in [3.8, 4) is 11.5 Å². The summed E-state index contributed by atoms with van der Waals surface area (Å²) in [5.41, 5.74) is 8.14. The first-order valence-corrected chi connectivity index (χ1v) is 12.2. The predicted octanol–water partition coefficient (Wildman–Crippen LogP) is 5.59. The Balaban J connectivity index is 1.33. The van der Waals surface area contributed by atoms with Gasteiger partial charge in [0.05, 0.1) is 6.21 Å². The van der Waals surface area contributed by atoms with Crippen LogP contribution in [0.4, 0.5) is 0 Å². The van der Waals surface area contributed by atoms with E-state index in [4.69, 9.17) is 9.47 Å². The Morgan fingerprint density at radius 3 is 2.58 bits per heavy atom. The Hall–Kier alpha value is -4.06. The molecule has 0 saturated carbocycles. The van der Waals surface area contributed by atoms with Crippen molar-refractivity contribution in [3.63, 3.8) is 0 Å². The van der Waals surface area contributed by atoms with E-state index in [1.165, 1.54) is 5.56 Å². The van der Waals surface area contributed by atoms with Crippen LogP contribution in [0.15, 0.2) is 77.9 Å². The standard InChI is InChI=1S/C30H31N3O3/c1-20-24(23-12-8-9-13-25(23)33(20)18-21-10-6-5-7-11-21)17-31-32-29(34)28-19-35-26-15-14-22(30(2,3)4)16-27(26)36-28/h5-17,28H,18-19H2,1-4H3,(H,32,34)/b31-17+/t28-/m1/s1. The van der Waals surface area contributed by atoms with Gasteiger partial charge in [-0.15, -0.1) is 0 Å². The molecular formula is C30H31N3O3. The van der Waals surface area contributed by atoms with E-state index < -0.39 is 6.10 Å². The number of nitrogens with one attached hydrogen (secondary N) is 1. The summed E-state index contributed by atoms with van der Waals surface area (Å²) in [7, 11) is 0. The molecule has 3 aromatic carbocycles. The van der Waals surface area contributed by atoms with Crippen molar-refractivity contribution in [1.29, 1.82) is 0 Å². The molecule has 1 atom stereocenters. The second kappa shape index (κ2) is 9.53. The van der Waals surface area contributed by atoms with Gasteiger partial charge in [-0.3, -0.25) is 4.79 Å². The van der Waals surface area contributed by atoms with Gasteiger partial charge in [0.25, 0.3) is 5.91 Å². The number of hydrogen-bond acceptors (Lipinski definition) is 4. The molecule has 1 aliphatic rings. The molecule has 2 heterocycles. The third-order valence-corrected chi connectivity index (χ3v) is 6.59. The first kappa shape index (κ1) is 23.7. The molecule has 6 heteroatoms. The Bertz CT molecular complexity index is 1430. The summed E-state index contributed by atoms with van der Waals surface area (Å²) in [6, 6.07) is 24.5. The van der Waals surface area contributed by atoms with Gasteiger partial charge in [0.15, 0.2) is 11.5 Å². The minimum absolute atomic E-state index is 0.0323. The number of hydrogen-bond donors (Lipinski definition) is 1. The highest BCUT2D eigenvalue weighted by molar-refractivity contribution is 6.01. The highest BCUT2D eigenvalue weighted by atomic mass is 16.6. The highest BCUT2D eigenvalue weighted by Gasteiger charge is 2.28. The molecule has 0 radical (unpaired) electrons. The number of amides is 1. The lowest BCUT2D eigenvalue weighted by Gasteiger charge is -2.27. The summed E-state index contributed by atoms with van der Waals surface area (Å²) in [6.45, 7) is 9.38. The van der Waals surface area contributed by atoms with E-state index in [0.717, 1.165) is 34.3 Å². The monoisotopic (exact) mass is 481 g/mol. The highest BCUT2D eigenvalue weighted by Crippen LogP contribution is 2.36. The predicted molar refractivity (Wildman–Crippen MR) is 143 cm³/mol. The molecule has 1 N–H and O–H groups in total. The van der Waals surface area contributed by atoms with E-state index in [2.05, 4.69) is 67.1 Å². The van der Waals surface area contributed by atoms with Crippen LogP contribution in [0.2, 0.25) is 0 Å². The molecule has 0 saturated heterocycles. The van der Waals surface area contributed by atoms with Crippen molar-refractivity contribution in [1.82, 2.24) is 9.99 Å². The average molecular weight is 482 g/mol. The van der Waals surface area contributed by atoms with Crippen molar-refractivity contribution in [3.05, 3.63) is 95.2 Å². The molecular weight excluding hydrogens is 450 g/mol. The number of fused-ring (bicyclic) bond motifs is 2. The van der Waals surface area contributed by atoms with Gasteiger partial charge in [-0.25, -0.2) is 5.43 Å². The first-order valence-electron chi connectivity index (χ1n) is 12.2. The SMILES string of the molecule is Cc1c(/C=N/NC(=O)[C@H]2COc3ccc(C(C)(C)C)cc3O2)c2ccccc2n1Cc1ccccc1. The largest absolute Gasteiger partial charge is 0.485 e. The average Bonchev–Trinajstić information content (AvgIpc) is 3.14. The molecule has 1 amide bonds. The zero-order chi connectivity index (χ0) is 25.3. The van der Waals surface area contributed by atoms with Gasteiger partial charge in [0.1, 0.15) is 6.61 Å². The number of carbonyl (C=O) groups excluding carboxylic acids is 1. The Labute approximate surface area is 211 Å². The quantitative estimate of drug-likeness (QED) is 0.299. The van der Waals surface area contributed by atoms with Gasteiger partial charge in [0.2, 0.25) is 6.10 Å². The summed E-state index contributed by atoms with van der Waals surface area (Å²) in [5.74, 6) is 0.888. The van der Waals surface area contributed by atoms with Gasteiger partial charge >= 0.3 is 0 Å². The van der Waals surface area contributed by atoms with E-state index in [9.17, 15) is 4.79 Å². The number of carbonyl (C=O) groups is 1. The summed E-state index contributed by atoms with van der Waals surface area (Å²) >= 11 is 0. The number of benzene rings is 3. The third kappa shape index (κ3) is 4.71. The van der Waals surface area contributed by atoms with Gasteiger partial charge in [-0.1, -0.05) is 75.4 Å². The summed E-state index contributed by atoms with van der Waals surface area (Å²) in [5, 5.41) is 5.38. The molecule has 5 rings (SSSR count). The first-order chi connectivity index (χ1) is 17.3. The Morgan fingerprint density at radius 1 is 1.06 bits per heavy atom. The zero-order valence-corrected chi connectivity index (χ0v) is 21.1. The van der Waals surface area contributed by atoms with E-state index >= 15 is 0 Å². The fourth-order valence-electron chi connectivity index (χ4n) is 4.49. The summed E-state index contributed by atoms with van der Waals surface area (Å²) in [6.07, 6.45) is 0.942. The smallest absolute Gasteiger partial charge is 0.284 e. The zero-order valence-electron chi connectivity index (χ0n) is 21.1. The molecule has 0 spiro atoms. The molecule has 0 bridgehead atoms. The molecule has 0 fully saturated rings. The second-order valence-electron chi connectivity index (χ2n) is 10.2. The number of nitrogens with zero attached hydrogens (tertiary/aromatic N) is 2. The number of rotatable bonds is 5. The van der Waals surface area contributed by atoms with E-state index in [0.29, 0.717) is 11.5 Å². The lowest BCUT2D eigenvalue weighted by Crippen LogP contribution is -2.42. The lowest BCUT2D eigenvalue weighted by atomic mass is 9.87. The van der Waals surface area contributed by atoms with E-state index in [1.807, 2.05) is 48.5 Å². The fourth-order valence-corrected chi connectivity index (χ4v) is 4.49. The van der Waals surface area contributed by atoms with Crippen LogP contribution in [0.1, 0.15) is 43.2 Å². The van der Waals surface area contributed by atoms with Crippen LogP contribution in [0.3, 0.4) is 0 Å². The minimum Gasteiger partial charge on any atom is -0.485 e. The van der Waals surface area contributed by atoms with E-state index in [1.54, 1.807) is 6.21 Å². The van der Waals surface area contributed by atoms with Crippen LogP contribution in [0, 0.1) is 6.92 Å². The van der Waals surface area contributed by atoms with Gasteiger partial charge in [-0.05, 0) is 41.7 Å². The maximum absolute atomic E-state index is 12.8. The third-order valence-electron chi connectivity index (χ3n) is 6.59. The maximum atomic E-state index is 12.8. The van der Waals surface area contributed by atoms with Crippen LogP contribution in [0.5, 0.6) is 11.5 Å². The van der Waals surface area contributed by atoms with Crippen molar-refractivity contribution in [2.24, 2.45) is 5.10 Å². The molecule has 1 aliphatic heterocycles. The van der Waals surface area contributed by atoms with Crippen LogP contribution < -0.4 is 14.9 Å². The Kier molecular flexibility index (Phi) is 6.27. The molecule has 6 nitrogen and oxygen atoms in total. The number of aromatic nitrogens is 1. The maximum Gasteiger partial charge on any atom is 0.284 e. The van der Waals surface area contributed by atoms with E-state index in [-0.39, 0.29) is 17.9 Å². The molecule has 0 unspecified atom stereocenters. The van der Waals surface area contributed by atoms with Crippen LogP contribution in [-0.4, -0.2) is 29.4 Å². The molecule has 1 aromatic heterocycles. The van der Waals surface area contributed by atoms with Crippen LogP contribution in [0.25, 0.3) is 10.9 Å². The van der Waals surface area contributed by atoms with Crippen molar-refractivity contribution < 1.29 is 14.3 Å². The fraction of sp³-hybridized carbons (Fsp3) is 0.267. The van der Waals surface area contributed by atoms with Gasteiger partial charge in [-0.2, -0.15) is 5.10 Å². The minimum atomic E-state index is -0.773. The number of ether oxygens (including phenoxy) is 2. The molecule has 36 heavy (non-hydrogen) atoms. The summed E-state index contributed by atoms with van der Waals surface area (Å²) in [4.78, 5) is 12.8. The lowest BCUT2D eigenvalue weighted by molar-refractivity contribution is -0.130. The number of para-hydroxylation sites is 1.